The van der Waals surface area contributed by atoms with E-state index in [1.54, 1.807) is 19.0 Å². The molecule has 0 fully saturated rings. The number of hydrogen-bond donors (Lipinski definition) is 2. The van der Waals surface area contributed by atoms with Gasteiger partial charge in [-0.2, -0.15) is 0 Å². The number of halogens is 1. The Kier molecular flexibility index (Phi) is 5.21. The van der Waals surface area contributed by atoms with Gasteiger partial charge in [0.1, 0.15) is 4.90 Å². The van der Waals surface area contributed by atoms with Crippen molar-refractivity contribution in [3.8, 4) is 0 Å². The van der Waals surface area contributed by atoms with Crippen LogP contribution >= 0.6 is 0 Å². The molecule has 0 aliphatic carbocycles. The van der Waals surface area contributed by atoms with Crippen LogP contribution < -0.4 is 4.72 Å². The molecule has 2 N–H and O–H groups in total. The van der Waals surface area contributed by atoms with Gasteiger partial charge in [0.15, 0.2) is 5.82 Å². The number of aromatic carboxylic acids is 1. The van der Waals surface area contributed by atoms with Crippen molar-refractivity contribution in [1.29, 1.82) is 0 Å². The summed E-state index contributed by atoms with van der Waals surface area (Å²) in [5.74, 6) is -2.75. The summed E-state index contributed by atoms with van der Waals surface area (Å²) < 4.78 is 40.2. The Labute approximate surface area is 117 Å². The van der Waals surface area contributed by atoms with Gasteiger partial charge >= 0.3 is 5.97 Å². The number of nitrogens with one attached hydrogen (secondary N) is 1. The number of likely N-dealkylation sites (N-methyl/N-ethyl adjacent to an activating group) is 1. The van der Waals surface area contributed by atoms with E-state index in [0.717, 1.165) is 12.1 Å². The maximum absolute atomic E-state index is 14.0. The van der Waals surface area contributed by atoms with Crippen LogP contribution in [0.3, 0.4) is 0 Å². The lowest BCUT2D eigenvalue weighted by molar-refractivity contribution is 0.0691. The zero-order valence-electron chi connectivity index (χ0n) is 11.5. The van der Waals surface area contributed by atoms with Crippen molar-refractivity contribution in [2.75, 3.05) is 27.2 Å². The molecular weight excluding hydrogens is 287 g/mol. The number of sulfonamides is 1. The highest BCUT2D eigenvalue weighted by molar-refractivity contribution is 7.89. The number of aryl methyl sites for hydroxylation is 1. The van der Waals surface area contributed by atoms with E-state index in [1.807, 2.05) is 0 Å². The van der Waals surface area contributed by atoms with Gasteiger partial charge in [0, 0.05) is 13.1 Å². The topological polar surface area (TPSA) is 86.7 Å². The molecule has 0 aliphatic rings. The van der Waals surface area contributed by atoms with Gasteiger partial charge in [0.25, 0.3) is 0 Å². The molecule has 0 unspecified atom stereocenters. The second-order valence-corrected chi connectivity index (χ2v) is 6.37. The average Bonchev–Trinajstić information content (AvgIpc) is 2.30. The first-order chi connectivity index (χ1) is 9.15. The maximum Gasteiger partial charge on any atom is 0.338 e. The monoisotopic (exact) mass is 304 g/mol. The molecule has 0 saturated carbocycles. The van der Waals surface area contributed by atoms with Crippen LogP contribution in [0.4, 0.5) is 4.39 Å². The molecule has 1 aromatic carbocycles. The molecule has 0 amide bonds. The lowest BCUT2D eigenvalue weighted by Crippen LogP contribution is -2.32. The molecule has 0 spiro atoms. The molecule has 20 heavy (non-hydrogen) atoms. The summed E-state index contributed by atoms with van der Waals surface area (Å²) in [5, 5.41) is 8.87. The minimum absolute atomic E-state index is 0.102. The van der Waals surface area contributed by atoms with Crippen LogP contribution in [0.15, 0.2) is 17.0 Å². The zero-order valence-corrected chi connectivity index (χ0v) is 12.3. The van der Waals surface area contributed by atoms with Crippen LogP contribution in [0.2, 0.25) is 0 Å². The van der Waals surface area contributed by atoms with Gasteiger partial charge in [0.05, 0.1) is 5.56 Å². The van der Waals surface area contributed by atoms with E-state index in [1.165, 1.54) is 6.92 Å². The Balaban J connectivity index is 3.15. The molecule has 0 bridgehead atoms. The van der Waals surface area contributed by atoms with Crippen molar-refractivity contribution in [3.05, 3.63) is 29.1 Å². The van der Waals surface area contributed by atoms with E-state index in [4.69, 9.17) is 5.11 Å². The Hall–Kier alpha value is -1.51. The van der Waals surface area contributed by atoms with Crippen molar-refractivity contribution < 1.29 is 22.7 Å². The molecule has 0 heterocycles. The van der Waals surface area contributed by atoms with Crippen LogP contribution in [-0.2, 0) is 10.0 Å². The fourth-order valence-corrected chi connectivity index (χ4v) is 2.77. The fraction of sp³-hybridized carbons (Fsp3) is 0.417. The van der Waals surface area contributed by atoms with Crippen molar-refractivity contribution >= 4 is 16.0 Å². The fourth-order valence-electron chi connectivity index (χ4n) is 1.57. The number of carboxylic acid groups (broad SMARTS) is 1. The van der Waals surface area contributed by atoms with Crippen molar-refractivity contribution in [1.82, 2.24) is 9.62 Å². The van der Waals surface area contributed by atoms with Crippen molar-refractivity contribution in [2.24, 2.45) is 0 Å². The van der Waals surface area contributed by atoms with Gasteiger partial charge in [-0.1, -0.05) is 0 Å². The summed E-state index contributed by atoms with van der Waals surface area (Å²) in [7, 11) is -0.544. The van der Waals surface area contributed by atoms with Gasteiger partial charge in [0.2, 0.25) is 10.0 Å². The first-order valence-electron chi connectivity index (χ1n) is 5.83. The highest BCUT2D eigenvalue weighted by atomic mass is 32.2. The summed E-state index contributed by atoms with van der Waals surface area (Å²) >= 11 is 0. The van der Waals surface area contributed by atoms with Gasteiger partial charge in [-0.05, 0) is 38.7 Å². The van der Waals surface area contributed by atoms with Gasteiger partial charge in [-0.3, -0.25) is 0 Å². The highest BCUT2D eigenvalue weighted by Crippen LogP contribution is 2.20. The third kappa shape index (κ3) is 3.99. The van der Waals surface area contributed by atoms with Gasteiger partial charge in [-0.25, -0.2) is 22.3 Å². The molecule has 0 aliphatic heterocycles. The maximum atomic E-state index is 14.0. The zero-order chi connectivity index (χ0) is 15.5. The minimum atomic E-state index is -4.08. The predicted octanol–water partition coefficient (Wildman–Crippen LogP) is 0.672. The minimum Gasteiger partial charge on any atom is -0.478 e. The van der Waals surface area contributed by atoms with Gasteiger partial charge < -0.3 is 10.0 Å². The first kappa shape index (κ1) is 16.5. The molecule has 0 saturated heterocycles. The smallest absolute Gasteiger partial charge is 0.338 e. The number of nitrogens with zero attached hydrogens (tertiary/aromatic N) is 1. The van der Waals surface area contributed by atoms with Crippen LogP contribution in [0.1, 0.15) is 15.9 Å². The highest BCUT2D eigenvalue weighted by Gasteiger charge is 2.24. The second kappa shape index (κ2) is 6.29. The summed E-state index contributed by atoms with van der Waals surface area (Å²) in [6.45, 7) is 2.05. The molecule has 0 radical (unpaired) electrons. The summed E-state index contributed by atoms with van der Waals surface area (Å²) in [6.07, 6.45) is 0. The number of rotatable bonds is 6. The third-order valence-electron chi connectivity index (χ3n) is 2.55. The number of carbonyl (C=O) groups is 1. The molecular formula is C12H17FN2O4S. The summed E-state index contributed by atoms with van der Waals surface area (Å²) in [5.41, 5.74) is -0.297. The predicted molar refractivity (Wildman–Crippen MR) is 71.8 cm³/mol. The van der Waals surface area contributed by atoms with E-state index in [2.05, 4.69) is 4.72 Å². The van der Waals surface area contributed by atoms with Crippen LogP contribution in [0, 0.1) is 12.7 Å². The number of hydrogen-bond acceptors (Lipinski definition) is 4. The van der Waals surface area contributed by atoms with E-state index in [9.17, 15) is 17.6 Å². The molecule has 0 atom stereocenters. The third-order valence-corrected chi connectivity index (χ3v) is 4.01. The van der Waals surface area contributed by atoms with Crippen molar-refractivity contribution in [3.63, 3.8) is 0 Å². The summed E-state index contributed by atoms with van der Waals surface area (Å²) in [6, 6.07) is 2.20. The van der Waals surface area contributed by atoms with Gasteiger partial charge in [-0.15, -0.1) is 0 Å². The molecule has 8 heteroatoms. The first-order valence-corrected chi connectivity index (χ1v) is 7.31. The standard InChI is InChI=1S/C12H17FN2O4S/c1-8-6-9(12(16)17)11(13)10(7-8)20(18,19)14-4-5-15(2)3/h6-7,14H,4-5H2,1-3H3,(H,16,17). The SMILES string of the molecule is Cc1cc(C(=O)O)c(F)c(S(=O)(=O)NCCN(C)C)c1. The van der Waals surface area contributed by atoms with Crippen molar-refractivity contribution in [2.45, 2.75) is 11.8 Å². The largest absolute Gasteiger partial charge is 0.478 e. The molecule has 1 aromatic rings. The van der Waals surface area contributed by atoms with E-state index in [0.29, 0.717) is 12.1 Å². The van der Waals surface area contributed by atoms with Crippen LogP contribution in [-0.4, -0.2) is 51.6 Å². The van der Waals surface area contributed by atoms with E-state index < -0.39 is 32.3 Å². The quantitative estimate of drug-likeness (QED) is 0.807. The van der Waals surface area contributed by atoms with E-state index >= 15 is 0 Å². The Morgan fingerprint density at radius 1 is 1.40 bits per heavy atom. The molecule has 6 nitrogen and oxygen atoms in total. The Morgan fingerprint density at radius 3 is 2.50 bits per heavy atom. The second-order valence-electron chi connectivity index (χ2n) is 4.63. The molecule has 112 valence electrons. The Bertz CT molecular complexity index is 614. The molecule has 1 rings (SSSR count). The molecule has 0 aromatic heterocycles. The van der Waals surface area contributed by atoms with E-state index in [-0.39, 0.29) is 6.54 Å². The number of carboxylic acids is 1. The Morgan fingerprint density at radius 2 is 2.00 bits per heavy atom. The summed E-state index contributed by atoms with van der Waals surface area (Å²) in [4.78, 5) is 12.0. The lowest BCUT2D eigenvalue weighted by Gasteiger charge is -2.12. The average molecular weight is 304 g/mol. The van der Waals surface area contributed by atoms with Crippen LogP contribution in [0.25, 0.3) is 0 Å². The lowest BCUT2D eigenvalue weighted by atomic mass is 10.1. The van der Waals surface area contributed by atoms with Crippen LogP contribution in [0.5, 0.6) is 0 Å². The number of benzene rings is 1. The normalized spacial score (nSPS) is 11.8.